The van der Waals surface area contributed by atoms with Gasteiger partial charge in [-0.15, -0.1) is 0 Å². The predicted molar refractivity (Wildman–Crippen MR) is 47.9 cm³/mol. The average Bonchev–Trinajstić information content (AvgIpc) is 2.08. The highest BCUT2D eigenvalue weighted by atomic mass is 16.5. The summed E-state index contributed by atoms with van der Waals surface area (Å²) in [7, 11) is 3.62. The first-order chi connectivity index (χ1) is 6.15. The molecule has 1 N–H and O–H groups in total. The lowest BCUT2D eigenvalue weighted by molar-refractivity contribution is 0.0415. The normalized spacial score (nSPS) is 24.8. The van der Waals surface area contributed by atoms with Gasteiger partial charge in [0, 0.05) is 26.7 Å². The third-order valence-corrected chi connectivity index (χ3v) is 2.41. The molecule has 1 rings (SSSR count). The van der Waals surface area contributed by atoms with Gasteiger partial charge in [-0.25, -0.2) is 4.79 Å². The Morgan fingerprint density at radius 2 is 2.31 bits per heavy atom. The maximum atomic E-state index is 10.7. The van der Waals surface area contributed by atoms with Crippen LogP contribution in [0.25, 0.3) is 0 Å². The zero-order chi connectivity index (χ0) is 9.84. The van der Waals surface area contributed by atoms with Crippen LogP contribution in [0.3, 0.4) is 0 Å². The van der Waals surface area contributed by atoms with Gasteiger partial charge in [-0.3, -0.25) is 4.90 Å². The molecule has 0 spiro atoms. The Balaban J connectivity index is 2.47. The van der Waals surface area contributed by atoms with Gasteiger partial charge < -0.3 is 14.7 Å². The summed E-state index contributed by atoms with van der Waals surface area (Å²) < 4.78 is 5.02. The van der Waals surface area contributed by atoms with Crippen LogP contribution in [-0.4, -0.2) is 67.4 Å². The molecule has 13 heavy (non-hydrogen) atoms. The van der Waals surface area contributed by atoms with E-state index in [9.17, 15) is 4.79 Å². The van der Waals surface area contributed by atoms with E-state index in [0.717, 1.165) is 6.54 Å². The van der Waals surface area contributed by atoms with Gasteiger partial charge in [-0.1, -0.05) is 0 Å². The van der Waals surface area contributed by atoms with Gasteiger partial charge in [0.25, 0.3) is 0 Å². The number of rotatable bonds is 2. The van der Waals surface area contributed by atoms with Crippen LogP contribution >= 0.6 is 0 Å². The Bertz CT molecular complexity index is 186. The molecular weight excluding hydrogens is 172 g/mol. The minimum absolute atomic E-state index is 0.190. The molecule has 1 amide bonds. The Morgan fingerprint density at radius 3 is 2.85 bits per heavy atom. The van der Waals surface area contributed by atoms with Crippen LogP contribution in [-0.2, 0) is 4.74 Å². The van der Waals surface area contributed by atoms with Crippen molar-refractivity contribution in [3.8, 4) is 0 Å². The van der Waals surface area contributed by atoms with Crippen LogP contribution < -0.4 is 0 Å². The van der Waals surface area contributed by atoms with Crippen LogP contribution in [0.4, 0.5) is 4.79 Å². The van der Waals surface area contributed by atoms with Gasteiger partial charge in [0.1, 0.15) is 0 Å². The van der Waals surface area contributed by atoms with Crippen molar-refractivity contribution in [3.63, 3.8) is 0 Å². The van der Waals surface area contributed by atoms with E-state index in [0.29, 0.717) is 19.7 Å². The number of ether oxygens (including phenoxy) is 1. The van der Waals surface area contributed by atoms with E-state index in [1.807, 2.05) is 7.05 Å². The lowest BCUT2D eigenvalue weighted by Gasteiger charge is -2.37. The largest absolute Gasteiger partial charge is 0.465 e. The van der Waals surface area contributed by atoms with Crippen LogP contribution in [0.2, 0.25) is 0 Å². The monoisotopic (exact) mass is 188 g/mol. The van der Waals surface area contributed by atoms with Crippen molar-refractivity contribution < 1.29 is 14.6 Å². The number of methoxy groups -OCH3 is 1. The van der Waals surface area contributed by atoms with Crippen LogP contribution in [0.5, 0.6) is 0 Å². The molecule has 0 bridgehead atoms. The van der Waals surface area contributed by atoms with Gasteiger partial charge in [0.05, 0.1) is 12.6 Å². The first kappa shape index (κ1) is 10.3. The first-order valence-corrected chi connectivity index (χ1v) is 4.32. The van der Waals surface area contributed by atoms with E-state index >= 15 is 0 Å². The number of likely N-dealkylation sites (N-methyl/N-ethyl adjacent to an activating group) is 1. The predicted octanol–water partition coefficient (Wildman–Crippen LogP) is -0.0732. The molecule has 1 atom stereocenters. The SMILES string of the molecule is COC[C@H]1CN(C(=O)O)CCN1C. The van der Waals surface area contributed by atoms with Crippen molar-refractivity contribution in [3.05, 3.63) is 0 Å². The van der Waals surface area contributed by atoms with E-state index in [2.05, 4.69) is 4.90 Å². The first-order valence-electron chi connectivity index (χ1n) is 4.32. The maximum absolute atomic E-state index is 10.7. The van der Waals surface area contributed by atoms with Crippen molar-refractivity contribution in [2.45, 2.75) is 6.04 Å². The van der Waals surface area contributed by atoms with Gasteiger partial charge in [-0.2, -0.15) is 0 Å². The van der Waals surface area contributed by atoms with Gasteiger partial charge >= 0.3 is 6.09 Å². The molecule has 0 aromatic rings. The molecular formula is C8H16N2O3. The van der Waals surface area contributed by atoms with Crippen molar-refractivity contribution in [1.82, 2.24) is 9.80 Å². The Labute approximate surface area is 77.9 Å². The van der Waals surface area contributed by atoms with Gasteiger partial charge in [-0.05, 0) is 7.05 Å². The molecule has 1 fully saturated rings. The number of hydrogen-bond acceptors (Lipinski definition) is 3. The Morgan fingerprint density at radius 1 is 1.62 bits per heavy atom. The summed E-state index contributed by atoms with van der Waals surface area (Å²) in [6.45, 7) is 2.49. The molecule has 76 valence electrons. The molecule has 0 radical (unpaired) electrons. The number of nitrogens with zero attached hydrogens (tertiary/aromatic N) is 2. The summed E-state index contributed by atoms with van der Waals surface area (Å²) in [5, 5.41) is 8.78. The highest BCUT2D eigenvalue weighted by Gasteiger charge is 2.26. The zero-order valence-corrected chi connectivity index (χ0v) is 8.06. The third kappa shape index (κ3) is 2.57. The molecule has 5 nitrogen and oxygen atoms in total. The number of hydrogen-bond donors (Lipinski definition) is 1. The molecule has 1 saturated heterocycles. The molecule has 1 aliphatic rings. The van der Waals surface area contributed by atoms with Crippen molar-refractivity contribution in [2.24, 2.45) is 0 Å². The third-order valence-electron chi connectivity index (χ3n) is 2.41. The second-order valence-electron chi connectivity index (χ2n) is 3.32. The lowest BCUT2D eigenvalue weighted by atomic mass is 10.2. The fourth-order valence-corrected chi connectivity index (χ4v) is 1.49. The maximum Gasteiger partial charge on any atom is 0.407 e. The number of carboxylic acid groups (broad SMARTS) is 1. The summed E-state index contributed by atoms with van der Waals surface area (Å²) in [6, 6.07) is 0.190. The van der Waals surface area contributed by atoms with Crippen molar-refractivity contribution in [2.75, 3.05) is 40.4 Å². The summed E-state index contributed by atoms with van der Waals surface area (Å²) in [5.41, 5.74) is 0. The molecule has 0 aliphatic carbocycles. The number of carbonyl (C=O) groups is 1. The van der Waals surface area contributed by atoms with E-state index in [1.54, 1.807) is 7.11 Å². The Kier molecular flexibility index (Phi) is 3.50. The quantitative estimate of drug-likeness (QED) is 0.659. The zero-order valence-electron chi connectivity index (χ0n) is 8.06. The molecule has 1 heterocycles. The Hall–Kier alpha value is -0.810. The summed E-state index contributed by atoms with van der Waals surface area (Å²) in [6.07, 6.45) is -0.839. The molecule has 0 aromatic carbocycles. The van der Waals surface area contributed by atoms with Crippen LogP contribution in [0.1, 0.15) is 0 Å². The molecule has 1 aliphatic heterocycles. The summed E-state index contributed by atoms with van der Waals surface area (Å²) >= 11 is 0. The summed E-state index contributed by atoms with van der Waals surface area (Å²) in [4.78, 5) is 14.2. The highest BCUT2D eigenvalue weighted by Crippen LogP contribution is 2.07. The van der Waals surface area contributed by atoms with Crippen molar-refractivity contribution >= 4 is 6.09 Å². The molecule has 0 saturated carbocycles. The smallest absolute Gasteiger partial charge is 0.407 e. The second kappa shape index (κ2) is 4.43. The lowest BCUT2D eigenvalue weighted by Crippen LogP contribution is -2.54. The van der Waals surface area contributed by atoms with E-state index < -0.39 is 6.09 Å². The fraction of sp³-hybridized carbons (Fsp3) is 0.875. The van der Waals surface area contributed by atoms with E-state index in [-0.39, 0.29) is 6.04 Å². The number of piperazine rings is 1. The average molecular weight is 188 g/mol. The molecule has 0 aromatic heterocycles. The minimum Gasteiger partial charge on any atom is -0.465 e. The minimum atomic E-state index is -0.839. The van der Waals surface area contributed by atoms with E-state index in [4.69, 9.17) is 9.84 Å². The van der Waals surface area contributed by atoms with Crippen molar-refractivity contribution in [1.29, 1.82) is 0 Å². The standard InChI is InChI=1S/C8H16N2O3/c1-9-3-4-10(8(11)12)5-7(9)6-13-2/h7H,3-6H2,1-2H3,(H,11,12)/t7-/m1/s1. The highest BCUT2D eigenvalue weighted by molar-refractivity contribution is 5.65. The number of amides is 1. The summed E-state index contributed by atoms with van der Waals surface area (Å²) in [5.74, 6) is 0. The van der Waals surface area contributed by atoms with Crippen LogP contribution in [0.15, 0.2) is 0 Å². The molecule has 5 heteroatoms. The van der Waals surface area contributed by atoms with Gasteiger partial charge in [0.15, 0.2) is 0 Å². The molecule has 0 unspecified atom stereocenters. The second-order valence-corrected chi connectivity index (χ2v) is 3.32. The van der Waals surface area contributed by atoms with E-state index in [1.165, 1.54) is 4.90 Å². The topological polar surface area (TPSA) is 53.0 Å². The van der Waals surface area contributed by atoms with Gasteiger partial charge in [0.2, 0.25) is 0 Å². The van der Waals surface area contributed by atoms with Crippen LogP contribution in [0, 0.1) is 0 Å². The fourth-order valence-electron chi connectivity index (χ4n) is 1.49.